The van der Waals surface area contributed by atoms with Crippen molar-refractivity contribution in [2.45, 2.75) is 26.7 Å². The Morgan fingerprint density at radius 2 is 1.97 bits per heavy atom. The molecule has 7 nitrogen and oxygen atoms in total. The van der Waals surface area contributed by atoms with E-state index < -0.39 is 22.9 Å². The monoisotopic (exact) mass is 488 g/mol. The Hall–Kier alpha value is -3.66. The van der Waals surface area contributed by atoms with E-state index in [0.717, 1.165) is 10.9 Å². The molecule has 1 aliphatic carbocycles. The van der Waals surface area contributed by atoms with Crippen molar-refractivity contribution in [1.82, 2.24) is 9.55 Å². The lowest BCUT2D eigenvalue weighted by molar-refractivity contribution is 0.307. The smallest absolute Gasteiger partial charge is 0.333 e. The molecule has 1 aromatic carbocycles. The third-order valence-electron chi connectivity index (χ3n) is 5.50. The number of H-pyrrole nitrogens is 1. The number of allylic oxidation sites excluding steroid dienone is 5. The molecule has 2 heterocycles. The highest BCUT2D eigenvalue weighted by Gasteiger charge is 2.21. The van der Waals surface area contributed by atoms with Crippen LogP contribution in [0.2, 0.25) is 0 Å². The number of aromatic nitrogens is 2. The van der Waals surface area contributed by atoms with E-state index in [0.29, 0.717) is 27.5 Å². The Bertz CT molecular complexity index is 1490. The molecule has 0 fully saturated rings. The Morgan fingerprint density at radius 3 is 2.68 bits per heavy atom. The first kappa shape index (κ1) is 23.5. The first-order valence-corrected chi connectivity index (χ1v) is 11.3. The number of aryl methyl sites for hydroxylation is 1. The fourth-order valence-corrected chi connectivity index (χ4v) is 4.67. The molecule has 0 amide bonds. The molecule has 0 spiro atoms. The average Bonchev–Trinajstić information content (AvgIpc) is 3.18. The Balaban J connectivity index is 1.80. The number of aliphatic hydroxyl groups excluding tert-OH is 1. The zero-order valence-corrected chi connectivity index (χ0v) is 19.5. The number of aromatic amines is 1. The summed E-state index contributed by atoms with van der Waals surface area (Å²) in [4.78, 5) is 29.3. The van der Waals surface area contributed by atoms with Gasteiger partial charge >= 0.3 is 5.69 Å². The van der Waals surface area contributed by atoms with E-state index in [-0.39, 0.29) is 41.5 Å². The number of fused-ring (bicyclic) bond motifs is 1. The molecule has 2 aromatic heterocycles. The van der Waals surface area contributed by atoms with Crippen LogP contribution in [-0.2, 0) is 6.42 Å². The van der Waals surface area contributed by atoms with E-state index >= 15 is 4.39 Å². The maximum atomic E-state index is 15.0. The number of hydrogen-bond acceptors (Lipinski definition) is 6. The largest absolute Gasteiger partial charge is 0.512 e. The molecule has 4 rings (SSSR count). The van der Waals surface area contributed by atoms with Crippen LogP contribution >= 0.6 is 11.3 Å². The Morgan fingerprint density at radius 1 is 1.21 bits per heavy atom. The van der Waals surface area contributed by atoms with Crippen LogP contribution in [0.1, 0.15) is 25.1 Å². The third kappa shape index (κ3) is 4.16. The van der Waals surface area contributed by atoms with Gasteiger partial charge in [-0.1, -0.05) is 13.0 Å². The summed E-state index contributed by atoms with van der Waals surface area (Å²) in [7, 11) is 1.30. The van der Waals surface area contributed by atoms with Gasteiger partial charge in [0.25, 0.3) is 5.56 Å². The fourth-order valence-electron chi connectivity index (χ4n) is 3.75. The van der Waals surface area contributed by atoms with Gasteiger partial charge in [-0.15, -0.1) is 11.3 Å². The summed E-state index contributed by atoms with van der Waals surface area (Å²) in [6.07, 6.45) is 3.37. The predicted molar refractivity (Wildman–Crippen MR) is 127 cm³/mol. The van der Waals surface area contributed by atoms with Crippen molar-refractivity contribution in [3.63, 3.8) is 0 Å². The van der Waals surface area contributed by atoms with Crippen LogP contribution in [0.4, 0.5) is 8.78 Å². The van der Waals surface area contributed by atoms with Gasteiger partial charge in [0.1, 0.15) is 12.4 Å². The minimum atomic E-state index is -0.872. The topological polar surface area (TPSA) is 93.6 Å². The number of benzene rings is 1. The number of aliphatic hydroxyl groups is 1. The van der Waals surface area contributed by atoms with Crippen molar-refractivity contribution < 1.29 is 23.4 Å². The van der Waals surface area contributed by atoms with E-state index in [2.05, 4.69) is 4.98 Å². The molecule has 3 aromatic rings. The van der Waals surface area contributed by atoms with Crippen molar-refractivity contribution in [2.24, 2.45) is 0 Å². The van der Waals surface area contributed by atoms with Crippen LogP contribution in [-0.4, -0.2) is 28.4 Å². The van der Waals surface area contributed by atoms with Gasteiger partial charge in [-0.05, 0) is 25.0 Å². The van der Waals surface area contributed by atoms with Crippen molar-refractivity contribution in [1.29, 1.82) is 0 Å². The Labute approximate surface area is 196 Å². The molecule has 178 valence electrons. The minimum Gasteiger partial charge on any atom is -0.512 e. The molecular weight excluding hydrogens is 466 g/mol. The zero-order chi connectivity index (χ0) is 24.6. The molecule has 0 radical (unpaired) electrons. The lowest BCUT2D eigenvalue weighted by Crippen LogP contribution is -2.34. The summed E-state index contributed by atoms with van der Waals surface area (Å²) in [6, 6.07) is 2.16. The van der Waals surface area contributed by atoms with Gasteiger partial charge in [-0.25, -0.2) is 18.1 Å². The van der Waals surface area contributed by atoms with Gasteiger partial charge in [0.15, 0.2) is 17.3 Å². The van der Waals surface area contributed by atoms with Crippen LogP contribution < -0.4 is 20.7 Å². The van der Waals surface area contributed by atoms with Gasteiger partial charge in [-0.3, -0.25) is 4.79 Å². The predicted octanol–water partition coefficient (Wildman–Crippen LogP) is 4.84. The molecule has 10 heteroatoms. The van der Waals surface area contributed by atoms with Gasteiger partial charge in [0, 0.05) is 34.4 Å². The number of nitrogens with zero attached hydrogens (tertiary/aromatic N) is 1. The van der Waals surface area contributed by atoms with Crippen molar-refractivity contribution in [3.8, 4) is 17.2 Å². The van der Waals surface area contributed by atoms with E-state index in [1.165, 1.54) is 36.7 Å². The fraction of sp³-hybridized carbons (Fsp3) is 0.250. The summed E-state index contributed by atoms with van der Waals surface area (Å²) in [5.41, 5.74) is -0.892. The average molecular weight is 489 g/mol. The Kier molecular flexibility index (Phi) is 6.43. The summed E-state index contributed by atoms with van der Waals surface area (Å²) >= 11 is 1.34. The number of ether oxygens (including phenoxy) is 2. The number of nitrogens with one attached hydrogen (secondary N) is 1. The first-order chi connectivity index (χ1) is 16.2. The van der Waals surface area contributed by atoms with Crippen LogP contribution in [0, 0.1) is 5.82 Å². The molecule has 0 unspecified atom stereocenters. The minimum absolute atomic E-state index is 0.000907. The van der Waals surface area contributed by atoms with Gasteiger partial charge in [0.2, 0.25) is 0 Å². The van der Waals surface area contributed by atoms with E-state index in [9.17, 15) is 19.1 Å². The second-order valence-electron chi connectivity index (χ2n) is 7.72. The van der Waals surface area contributed by atoms with Crippen molar-refractivity contribution in [2.75, 3.05) is 13.7 Å². The van der Waals surface area contributed by atoms with Crippen LogP contribution in [0.25, 0.3) is 16.6 Å². The lowest BCUT2D eigenvalue weighted by atomic mass is 10.1. The second-order valence-corrected chi connectivity index (χ2v) is 8.68. The highest BCUT2D eigenvalue weighted by atomic mass is 32.1. The maximum absolute atomic E-state index is 15.0. The van der Waals surface area contributed by atoms with Crippen molar-refractivity contribution in [3.05, 3.63) is 83.9 Å². The molecule has 0 atom stereocenters. The molecule has 1 aliphatic rings. The van der Waals surface area contributed by atoms with Crippen LogP contribution in [0.15, 0.2) is 62.0 Å². The quantitative estimate of drug-likeness (QED) is 0.518. The molecule has 2 N–H and O–H groups in total. The molecule has 34 heavy (non-hydrogen) atoms. The summed E-state index contributed by atoms with van der Waals surface area (Å²) in [5, 5.41) is 11.9. The van der Waals surface area contributed by atoms with Crippen LogP contribution in [0.3, 0.4) is 0 Å². The van der Waals surface area contributed by atoms with Gasteiger partial charge < -0.3 is 19.6 Å². The molecule has 0 bridgehead atoms. The third-order valence-corrected chi connectivity index (χ3v) is 6.63. The zero-order valence-electron chi connectivity index (χ0n) is 18.7. The highest BCUT2D eigenvalue weighted by Crippen LogP contribution is 2.33. The number of hydrogen-bond donors (Lipinski definition) is 2. The second kappa shape index (κ2) is 9.30. The number of rotatable bonds is 6. The van der Waals surface area contributed by atoms with Gasteiger partial charge in [0.05, 0.1) is 29.5 Å². The van der Waals surface area contributed by atoms with E-state index in [1.807, 2.05) is 6.92 Å². The summed E-state index contributed by atoms with van der Waals surface area (Å²) < 4.78 is 41.3. The standard InChI is InChI=1S/C24H22F2N2O5S/c1-4-20-21-16(11-34-20)27-24(31)28(23(21)30)17-9-19(18(32-3)8-15(17)25)33-10-13-7-14(29)6-5-12(2)22(13)26/h5-6,8-9,11,29H,4,7,10H2,1-3H3,(H,27,31). The molecule has 0 saturated carbocycles. The normalized spacial score (nSPS) is 14.1. The maximum Gasteiger partial charge on any atom is 0.333 e. The lowest BCUT2D eigenvalue weighted by Gasteiger charge is -2.16. The number of thiophene rings is 1. The van der Waals surface area contributed by atoms with Gasteiger partial charge in [-0.2, -0.15) is 0 Å². The summed E-state index contributed by atoms with van der Waals surface area (Å²) in [5.74, 6) is -1.43. The highest BCUT2D eigenvalue weighted by molar-refractivity contribution is 7.11. The number of methoxy groups -OCH3 is 1. The first-order valence-electron chi connectivity index (χ1n) is 10.5. The molecular formula is C24H22F2N2O5S. The molecule has 0 saturated heterocycles. The summed E-state index contributed by atoms with van der Waals surface area (Å²) in [6.45, 7) is 3.17. The SMILES string of the molecule is CCc1scc2[nH]c(=O)n(-c3cc(OCC4=C(F)C(C)=CC=C(O)C4)c(OC)cc3F)c(=O)c12. The van der Waals surface area contributed by atoms with Crippen molar-refractivity contribution >= 4 is 22.2 Å². The van der Waals surface area contributed by atoms with E-state index in [4.69, 9.17) is 9.47 Å². The number of halogens is 2. The van der Waals surface area contributed by atoms with Crippen LogP contribution in [0.5, 0.6) is 11.5 Å². The molecule has 0 aliphatic heterocycles. The van der Waals surface area contributed by atoms with E-state index in [1.54, 1.807) is 12.3 Å².